The van der Waals surface area contributed by atoms with E-state index in [1.54, 1.807) is 7.11 Å². The highest BCUT2D eigenvalue weighted by molar-refractivity contribution is 5.89. The molecule has 0 bridgehead atoms. The quantitative estimate of drug-likeness (QED) is 0.510. The summed E-state index contributed by atoms with van der Waals surface area (Å²) in [5, 5.41) is 12.4. The molecule has 2 aromatic carbocycles. The lowest BCUT2D eigenvalue weighted by Crippen LogP contribution is -2.35. The molecule has 2 amide bonds. The number of carbonyl (C=O) groups excluding carboxylic acids is 1. The number of hydrogen-bond acceptors (Lipinski definition) is 4. The van der Waals surface area contributed by atoms with Crippen LogP contribution in [0.5, 0.6) is 5.75 Å². The van der Waals surface area contributed by atoms with Gasteiger partial charge in [-0.25, -0.2) is 4.79 Å². The number of nitrogens with one attached hydrogen (secondary N) is 4. The Bertz CT molecular complexity index is 671. The summed E-state index contributed by atoms with van der Waals surface area (Å²) in [6, 6.07) is 15.5. The lowest BCUT2D eigenvalue weighted by atomic mass is 10.2. The van der Waals surface area contributed by atoms with E-state index in [0.29, 0.717) is 0 Å². The van der Waals surface area contributed by atoms with Gasteiger partial charge in [-0.15, -0.1) is 0 Å². The summed E-state index contributed by atoms with van der Waals surface area (Å²) < 4.78 is 5.14. The van der Waals surface area contributed by atoms with Crippen LogP contribution >= 0.6 is 0 Å². The van der Waals surface area contributed by atoms with Gasteiger partial charge in [0.15, 0.2) is 0 Å². The van der Waals surface area contributed by atoms with E-state index >= 15 is 0 Å². The normalized spacial score (nSPS) is 11.3. The molecule has 0 heterocycles. The summed E-state index contributed by atoms with van der Waals surface area (Å²) in [4.78, 5) is 11.8. The van der Waals surface area contributed by atoms with Crippen LogP contribution in [0.25, 0.3) is 0 Å². The number of amides is 2. The minimum atomic E-state index is -0.177. The standard InChI is InChI=1S/C20H28N4O2/c1-4-15(2)23-20(25)24-18-7-5-16(6-8-18)21-13-14-22-17-9-11-19(26-3)12-10-17/h5-12,15,21-22H,4,13-14H2,1-3H3,(H2,23,24,25). The van der Waals surface area contributed by atoms with E-state index in [1.165, 1.54) is 0 Å². The van der Waals surface area contributed by atoms with Crippen molar-refractivity contribution in [1.29, 1.82) is 0 Å². The molecule has 0 saturated carbocycles. The Morgan fingerprint density at radius 3 is 1.92 bits per heavy atom. The highest BCUT2D eigenvalue weighted by Gasteiger charge is 2.05. The Labute approximate surface area is 155 Å². The van der Waals surface area contributed by atoms with Crippen molar-refractivity contribution in [3.8, 4) is 5.75 Å². The molecule has 0 saturated heterocycles. The molecule has 1 unspecified atom stereocenters. The fourth-order valence-electron chi connectivity index (χ4n) is 2.29. The first-order valence-electron chi connectivity index (χ1n) is 8.90. The molecule has 1 atom stereocenters. The number of rotatable bonds is 9. The van der Waals surface area contributed by atoms with Crippen LogP contribution in [0.15, 0.2) is 48.5 Å². The van der Waals surface area contributed by atoms with Crippen molar-refractivity contribution in [3.05, 3.63) is 48.5 Å². The van der Waals surface area contributed by atoms with Crippen molar-refractivity contribution in [2.45, 2.75) is 26.3 Å². The van der Waals surface area contributed by atoms with E-state index in [4.69, 9.17) is 4.74 Å². The molecule has 2 aromatic rings. The van der Waals surface area contributed by atoms with Gasteiger partial charge in [0.05, 0.1) is 7.11 Å². The maximum absolute atomic E-state index is 11.8. The molecule has 0 aliphatic heterocycles. The molecule has 4 N–H and O–H groups in total. The van der Waals surface area contributed by atoms with Crippen molar-refractivity contribution in [3.63, 3.8) is 0 Å². The van der Waals surface area contributed by atoms with Gasteiger partial charge < -0.3 is 26.0 Å². The maximum Gasteiger partial charge on any atom is 0.319 e. The van der Waals surface area contributed by atoms with E-state index in [1.807, 2.05) is 62.4 Å². The van der Waals surface area contributed by atoms with Gasteiger partial charge in [0.2, 0.25) is 0 Å². The summed E-state index contributed by atoms with van der Waals surface area (Å²) in [5.41, 5.74) is 2.83. The highest BCUT2D eigenvalue weighted by atomic mass is 16.5. The molecule has 0 aliphatic carbocycles. The average molecular weight is 356 g/mol. The molecule has 0 spiro atoms. The van der Waals surface area contributed by atoms with Crippen molar-refractivity contribution >= 4 is 23.1 Å². The number of hydrogen-bond donors (Lipinski definition) is 4. The lowest BCUT2D eigenvalue weighted by molar-refractivity contribution is 0.249. The Morgan fingerprint density at radius 1 is 0.923 bits per heavy atom. The predicted molar refractivity (Wildman–Crippen MR) is 108 cm³/mol. The topological polar surface area (TPSA) is 74.4 Å². The summed E-state index contributed by atoms with van der Waals surface area (Å²) in [7, 11) is 1.66. The van der Waals surface area contributed by atoms with Crippen molar-refractivity contribution in [1.82, 2.24) is 5.32 Å². The van der Waals surface area contributed by atoms with Crippen molar-refractivity contribution in [2.75, 3.05) is 36.1 Å². The largest absolute Gasteiger partial charge is 0.497 e. The van der Waals surface area contributed by atoms with Gasteiger partial charge in [0.1, 0.15) is 5.75 Å². The van der Waals surface area contributed by atoms with E-state index in [2.05, 4.69) is 21.3 Å². The summed E-state index contributed by atoms with van der Waals surface area (Å²) in [6.07, 6.45) is 0.904. The number of anilines is 3. The average Bonchev–Trinajstić information content (AvgIpc) is 2.66. The van der Waals surface area contributed by atoms with E-state index < -0.39 is 0 Å². The third-order valence-electron chi connectivity index (χ3n) is 4.01. The van der Waals surface area contributed by atoms with Gasteiger partial charge in [0, 0.05) is 36.2 Å². The zero-order valence-electron chi connectivity index (χ0n) is 15.6. The van der Waals surface area contributed by atoms with Crippen molar-refractivity contribution < 1.29 is 9.53 Å². The zero-order valence-corrected chi connectivity index (χ0v) is 15.6. The maximum atomic E-state index is 11.8. The fraction of sp³-hybridized carbons (Fsp3) is 0.350. The van der Waals surface area contributed by atoms with Crippen LogP contribution in [0.3, 0.4) is 0 Å². The second-order valence-electron chi connectivity index (χ2n) is 6.07. The zero-order chi connectivity index (χ0) is 18.8. The lowest BCUT2D eigenvalue weighted by Gasteiger charge is -2.13. The van der Waals surface area contributed by atoms with E-state index in [9.17, 15) is 4.79 Å². The molecule has 6 nitrogen and oxygen atoms in total. The SMILES string of the molecule is CCC(C)NC(=O)Nc1ccc(NCCNc2ccc(OC)cc2)cc1. The van der Waals surface area contributed by atoms with Crippen LogP contribution < -0.4 is 26.0 Å². The van der Waals surface area contributed by atoms with Gasteiger partial charge in [-0.2, -0.15) is 0 Å². The Kier molecular flexibility index (Phi) is 7.61. The Hall–Kier alpha value is -2.89. The van der Waals surface area contributed by atoms with Crippen LogP contribution in [0.4, 0.5) is 21.9 Å². The summed E-state index contributed by atoms with van der Waals surface area (Å²) >= 11 is 0. The molecule has 140 valence electrons. The van der Waals surface area contributed by atoms with E-state index in [0.717, 1.165) is 42.3 Å². The Morgan fingerprint density at radius 2 is 1.42 bits per heavy atom. The number of benzene rings is 2. The van der Waals surface area contributed by atoms with Crippen LogP contribution in [-0.2, 0) is 0 Å². The molecule has 0 radical (unpaired) electrons. The van der Waals surface area contributed by atoms with Gasteiger partial charge in [-0.3, -0.25) is 0 Å². The number of urea groups is 1. The third kappa shape index (κ3) is 6.55. The summed E-state index contributed by atoms with van der Waals surface area (Å²) in [5.74, 6) is 0.847. The molecule has 6 heteroatoms. The van der Waals surface area contributed by atoms with Gasteiger partial charge in [0.25, 0.3) is 0 Å². The third-order valence-corrected chi connectivity index (χ3v) is 4.01. The molecular weight excluding hydrogens is 328 g/mol. The van der Waals surface area contributed by atoms with Crippen LogP contribution in [0, 0.1) is 0 Å². The molecule has 26 heavy (non-hydrogen) atoms. The molecule has 0 aromatic heterocycles. The van der Waals surface area contributed by atoms with Crippen LogP contribution in [0.1, 0.15) is 20.3 Å². The molecule has 0 aliphatic rings. The summed E-state index contributed by atoms with van der Waals surface area (Å²) in [6.45, 7) is 5.60. The van der Waals surface area contributed by atoms with Gasteiger partial charge >= 0.3 is 6.03 Å². The first-order valence-corrected chi connectivity index (χ1v) is 8.90. The second-order valence-corrected chi connectivity index (χ2v) is 6.07. The fourth-order valence-corrected chi connectivity index (χ4v) is 2.29. The Balaban J connectivity index is 1.70. The number of methoxy groups -OCH3 is 1. The van der Waals surface area contributed by atoms with Crippen LogP contribution in [0.2, 0.25) is 0 Å². The monoisotopic (exact) mass is 356 g/mol. The molecule has 0 fully saturated rings. The van der Waals surface area contributed by atoms with E-state index in [-0.39, 0.29) is 12.1 Å². The minimum absolute atomic E-state index is 0.161. The minimum Gasteiger partial charge on any atom is -0.497 e. The predicted octanol–water partition coefficient (Wildman–Crippen LogP) is 4.14. The van der Waals surface area contributed by atoms with Crippen LogP contribution in [-0.4, -0.2) is 32.3 Å². The highest BCUT2D eigenvalue weighted by Crippen LogP contribution is 2.15. The molecular formula is C20H28N4O2. The number of carbonyl (C=O) groups is 1. The second kappa shape index (κ2) is 10.2. The van der Waals surface area contributed by atoms with Gasteiger partial charge in [-0.05, 0) is 61.9 Å². The number of ether oxygens (including phenoxy) is 1. The van der Waals surface area contributed by atoms with Crippen molar-refractivity contribution in [2.24, 2.45) is 0 Å². The smallest absolute Gasteiger partial charge is 0.319 e. The molecule has 2 rings (SSSR count). The first-order chi connectivity index (χ1) is 12.6. The first kappa shape index (κ1) is 19.4. The van der Waals surface area contributed by atoms with Gasteiger partial charge in [-0.1, -0.05) is 6.92 Å².